The highest BCUT2D eigenvalue weighted by Crippen LogP contribution is 2.28. The smallest absolute Gasteiger partial charge is 0.232 e. The number of anilines is 2. The van der Waals surface area contributed by atoms with Crippen LogP contribution in [0.1, 0.15) is 16.7 Å². The van der Waals surface area contributed by atoms with E-state index in [9.17, 15) is 4.21 Å². The minimum Gasteiger partial charge on any atom is -0.339 e. The van der Waals surface area contributed by atoms with Crippen LogP contribution in [-0.2, 0) is 17.8 Å². The van der Waals surface area contributed by atoms with Crippen LogP contribution in [0.3, 0.4) is 0 Å². The van der Waals surface area contributed by atoms with E-state index in [4.69, 9.17) is 27.8 Å². The van der Waals surface area contributed by atoms with Crippen molar-refractivity contribution in [2.45, 2.75) is 20.4 Å². The molecule has 1 unspecified atom stereocenters. The van der Waals surface area contributed by atoms with Gasteiger partial charge in [0.2, 0.25) is 16.6 Å². The maximum Gasteiger partial charge on any atom is 0.232 e. The van der Waals surface area contributed by atoms with Gasteiger partial charge in [0.1, 0.15) is 5.02 Å². The lowest BCUT2D eigenvalue weighted by atomic mass is 10.0. The van der Waals surface area contributed by atoms with Crippen molar-refractivity contribution in [1.29, 1.82) is 0 Å². The fraction of sp³-hybridized carbons (Fsp3) is 0.231. The molecule has 3 N–H and O–H groups in total. The number of halogens is 2. The number of aromatic nitrogens is 2. The standard InChI is InChI=1S/C13H14Cl2N4O2S/c1-7-3-4-11(9(8(7)2)5-17-22(20)21)18-12-10(14)6-16-13(15)19-12/h3-4,6,17H,5H2,1-2H3,(H,20,21)(H,16,18,19). The Hall–Kier alpha value is -1.25. The number of aryl methyl sites for hydroxylation is 1. The Labute approximate surface area is 140 Å². The SMILES string of the molecule is Cc1ccc(Nc2nc(Cl)ncc2Cl)c(CNS(=O)O)c1C. The van der Waals surface area contributed by atoms with Crippen molar-refractivity contribution in [1.82, 2.24) is 14.7 Å². The van der Waals surface area contributed by atoms with Gasteiger partial charge in [-0.15, -0.1) is 0 Å². The summed E-state index contributed by atoms with van der Waals surface area (Å²) in [5.74, 6) is 0.372. The number of rotatable bonds is 5. The molecule has 0 saturated carbocycles. The van der Waals surface area contributed by atoms with Gasteiger partial charge >= 0.3 is 0 Å². The summed E-state index contributed by atoms with van der Waals surface area (Å²) in [5, 5.41) is 3.49. The van der Waals surface area contributed by atoms with E-state index in [1.54, 1.807) is 0 Å². The van der Waals surface area contributed by atoms with Gasteiger partial charge in [-0.05, 0) is 48.2 Å². The molecular weight excluding hydrogens is 347 g/mol. The van der Waals surface area contributed by atoms with Crippen LogP contribution in [0, 0.1) is 13.8 Å². The Kier molecular flexibility index (Phi) is 5.71. The van der Waals surface area contributed by atoms with Crippen LogP contribution in [0.15, 0.2) is 18.3 Å². The second-order valence-electron chi connectivity index (χ2n) is 4.56. The van der Waals surface area contributed by atoms with Crippen LogP contribution in [0.5, 0.6) is 0 Å². The number of nitrogens with one attached hydrogen (secondary N) is 2. The molecule has 0 radical (unpaired) electrons. The molecule has 0 aliphatic heterocycles. The fourth-order valence-corrected chi connectivity index (χ4v) is 2.45. The van der Waals surface area contributed by atoms with Crippen molar-refractivity contribution in [3.05, 3.63) is 45.3 Å². The molecule has 1 atom stereocenters. The Bertz CT molecular complexity index is 727. The van der Waals surface area contributed by atoms with Crippen molar-refractivity contribution in [2.24, 2.45) is 0 Å². The Morgan fingerprint density at radius 3 is 2.73 bits per heavy atom. The maximum atomic E-state index is 10.9. The highest BCUT2D eigenvalue weighted by atomic mass is 35.5. The minimum absolute atomic E-state index is 0.0758. The molecule has 1 heterocycles. The summed E-state index contributed by atoms with van der Waals surface area (Å²) >= 11 is 9.73. The van der Waals surface area contributed by atoms with Crippen LogP contribution in [-0.4, -0.2) is 18.7 Å². The first kappa shape index (κ1) is 17.1. The van der Waals surface area contributed by atoms with Crippen molar-refractivity contribution in [3.8, 4) is 0 Å². The molecule has 22 heavy (non-hydrogen) atoms. The summed E-state index contributed by atoms with van der Waals surface area (Å²) in [5.41, 5.74) is 3.63. The minimum atomic E-state index is -2.09. The summed E-state index contributed by atoms with van der Waals surface area (Å²) in [6, 6.07) is 3.79. The summed E-state index contributed by atoms with van der Waals surface area (Å²) in [6.07, 6.45) is 1.40. The molecule has 0 spiro atoms. The van der Waals surface area contributed by atoms with Gasteiger partial charge in [0.05, 0.1) is 6.20 Å². The normalized spacial score (nSPS) is 12.2. The predicted octanol–water partition coefficient (Wildman–Crippen LogP) is 3.37. The Morgan fingerprint density at radius 1 is 1.32 bits per heavy atom. The van der Waals surface area contributed by atoms with Crippen molar-refractivity contribution < 1.29 is 8.76 Å². The lowest BCUT2D eigenvalue weighted by Crippen LogP contribution is -2.17. The molecular formula is C13H14Cl2N4O2S. The van der Waals surface area contributed by atoms with E-state index in [1.807, 2.05) is 26.0 Å². The molecule has 0 aliphatic rings. The van der Waals surface area contributed by atoms with Crippen LogP contribution >= 0.6 is 23.2 Å². The van der Waals surface area contributed by atoms with Gasteiger partial charge < -0.3 is 5.32 Å². The van der Waals surface area contributed by atoms with Crippen molar-refractivity contribution in [3.63, 3.8) is 0 Å². The summed E-state index contributed by atoms with van der Waals surface area (Å²) in [4.78, 5) is 7.83. The van der Waals surface area contributed by atoms with Gasteiger partial charge in [0, 0.05) is 12.2 Å². The van der Waals surface area contributed by atoms with Gasteiger partial charge in [-0.25, -0.2) is 13.9 Å². The number of hydrogen-bond donors (Lipinski definition) is 3. The van der Waals surface area contributed by atoms with Crippen molar-refractivity contribution >= 4 is 46.0 Å². The fourth-order valence-electron chi connectivity index (χ4n) is 1.91. The third-order valence-electron chi connectivity index (χ3n) is 3.21. The lowest BCUT2D eigenvalue weighted by Gasteiger charge is -2.16. The van der Waals surface area contributed by atoms with Crippen LogP contribution in [0.25, 0.3) is 0 Å². The molecule has 9 heteroatoms. The largest absolute Gasteiger partial charge is 0.339 e. The molecule has 0 fully saturated rings. The number of nitrogens with zero attached hydrogens (tertiary/aromatic N) is 2. The van der Waals surface area contributed by atoms with E-state index in [2.05, 4.69) is 20.0 Å². The zero-order chi connectivity index (χ0) is 16.3. The highest BCUT2D eigenvalue weighted by Gasteiger charge is 2.12. The molecule has 1 aromatic carbocycles. The molecule has 0 saturated heterocycles. The molecule has 0 bridgehead atoms. The first-order valence-corrected chi connectivity index (χ1v) is 8.13. The lowest BCUT2D eigenvalue weighted by molar-refractivity contribution is 0.548. The zero-order valence-electron chi connectivity index (χ0n) is 11.9. The number of hydrogen-bond acceptors (Lipinski definition) is 4. The van der Waals surface area contributed by atoms with E-state index in [0.717, 1.165) is 22.4 Å². The van der Waals surface area contributed by atoms with Crippen LogP contribution < -0.4 is 10.0 Å². The monoisotopic (exact) mass is 360 g/mol. The second kappa shape index (κ2) is 7.34. The molecule has 118 valence electrons. The number of benzene rings is 1. The molecule has 6 nitrogen and oxygen atoms in total. The van der Waals surface area contributed by atoms with Crippen LogP contribution in [0.4, 0.5) is 11.5 Å². The van der Waals surface area contributed by atoms with Gasteiger partial charge in [-0.2, -0.15) is 4.98 Å². The maximum absolute atomic E-state index is 10.9. The molecule has 2 aromatic rings. The Balaban J connectivity index is 2.39. The third-order valence-corrected chi connectivity index (χ3v) is 4.06. The average molecular weight is 361 g/mol. The van der Waals surface area contributed by atoms with E-state index >= 15 is 0 Å². The van der Waals surface area contributed by atoms with Gasteiger partial charge in [-0.1, -0.05) is 17.7 Å². The van der Waals surface area contributed by atoms with Gasteiger partial charge in [0.25, 0.3) is 0 Å². The van der Waals surface area contributed by atoms with E-state index in [0.29, 0.717) is 10.8 Å². The summed E-state index contributed by atoms with van der Waals surface area (Å²) in [6.45, 7) is 4.12. The second-order valence-corrected chi connectivity index (χ2v) is 6.10. The highest BCUT2D eigenvalue weighted by molar-refractivity contribution is 7.77. The summed E-state index contributed by atoms with van der Waals surface area (Å²) in [7, 11) is 0. The molecule has 2 rings (SSSR count). The van der Waals surface area contributed by atoms with Crippen molar-refractivity contribution in [2.75, 3.05) is 5.32 Å². The average Bonchev–Trinajstić information content (AvgIpc) is 2.46. The quantitative estimate of drug-likeness (QED) is 0.561. The predicted molar refractivity (Wildman–Crippen MR) is 88.9 cm³/mol. The first-order chi connectivity index (χ1) is 10.4. The Morgan fingerprint density at radius 2 is 2.05 bits per heavy atom. The van der Waals surface area contributed by atoms with Gasteiger partial charge in [0.15, 0.2) is 5.82 Å². The first-order valence-electron chi connectivity index (χ1n) is 6.27. The molecule has 0 aliphatic carbocycles. The van der Waals surface area contributed by atoms with E-state index in [-0.39, 0.29) is 11.8 Å². The molecule has 0 amide bonds. The summed E-state index contributed by atoms with van der Waals surface area (Å²) < 4.78 is 22.3. The zero-order valence-corrected chi connectivity index (χ0v) is 14.2. The van der Waals surface area contributed by atoms with Gasteiger partial charge in [-0.3, -0.25) is 4.55 Å². The third kappa shape index (κ3) is 4.15. The van der Waals surface area contributed by atoms with E-state index < -0.39 is 11.3 Å². The van der Waals surface area contributed by atoms with Crippen LogP contribution in [0.2, 0.25) is 10.3 Å². The van der Waals surface area contributed by atoms with E-state index in [1.165, 1.54) is 6.20 Å². The molecule has 1 aromatic heterocycles. The topological polar surface area (TPSA) is 87.1 Å².